The molecule has 0 spiro atoms. The fourth-order valence-electron chi connectivity index (χ4n) is 3.85. The van der Waals surface area contributed by atoms with Crippen LogP contribution >= 0.6 is 11.8 Å². The molecule has 0 saturated carbocycles. The second-order valence-corrected chi connectivity index (χ2v) is 8.43. The molecule has 0 radical (unpaired) electrons. The fraction of sp³-hybridized carbons (Fsp3) is 0.240. The van der Waals surface area contributed by atoms with Gasteiger partial charge < -0.3 is 18.8 Å². The van der Waals surface area contributed by atoms with Crippen molar-refractivity contribution in [3.63, 3.8) is 0 Å². The van der Waals surface area contributed by atoms with E-state index in [0.29, 0.717) is 60.1 Å². The van der Waals surface area contributed by atoms with Crippen LogP contribution in [0.15, 0.2) is 70.5 Å². The number of nitrogens with zero attached hydrogens (tertiary/aromatic N) is 3. The molecule has 3 heterocycles. The van der Waals surface area contributed by atoms with Crippen LogP contribution in [-0.4, -0.2) is 40.5 Å². The summed E-state index contributed by atoms with van der Waals surface area (Å²) in [4.78, 5) is 24.0. The Morgan fingerprint density at radius 2 is 1.85 bits per heavy atom. The molecule has 2 aromatic heterocycles. The molecule has 1 amide bonds. The molecule has 4 aromatic rings. The Bertz CT molecular complexity index is 1280. The summed E-state index contributed by atoms with van der Waals surface area (Å²) in [7, 11) is 0. The van der Waals surface area contributed by atoms with Gasteiger partial charge in [-0.3, -0.25) is 4.79 Å². The fourth-order valence-corrected chi connectivity index (χ4v) is 4.68. The average molecular weight is 462 g/mol. The first-order valence-electron chi connectivity index (χ1n) is 10.8. The predicted octanol–water partition coefficient (Wildman–Crippen LogP) is 4.95. The predicted molar refractivity (Wildman–Crippen MR) is 126 cm³/mol. The molecule has 0 bridgehead atoms. The van der Waals surface area contributed by atoms with Crippen molar-refractivity contribution >= 4 is 28.6 Å². The third-order valence-corrected chi connectivity index (χ3v) is 6.36. The molecule has 0 N–H and O–H groups in total. The summed E-state index contributed by atoms with van der Waals surface area (Å²) in [6, 6.07) is 15.3. The van der Waals surface area contributed by atoms with Crippen LogP contribution in [-0.2, 0) is 12.3 Å². The molecule has 7 nitrogen and oxygen atoms in total. The van der Waals surface area contributed by atoms with E-state index in [4.69, 9.17) is 13.9 Å². The molecule has 1 aliphatic rings. The Hall–Kier alpha value is -3.52. The SMILES string of the molecule is CCN(Cc1cccc2c1OCCO2)C(=O)c1oc2ccccc2c1CSc1ncccn1. The normalized spacial score (nSPS) is 12.6. The number of ether oxygens (including phenoxy) is 2. The van der Waals surface area contributed by atoms with Crippen LogP contribution < -0.4 is 9.47 Å². The van der Waals surface area contributed by atoms with Gasteiger partial charge in [0, 0.05) is 47.7 Å². The van der Waals surface area contributed by atoms with E-state index in [1.807, 2.05) is 49.4 Å². The molecule has 0 saturated heterocycles. The summed E-state index contributed by atoms with van der Waals surface area (Å²) in [6.45, 7) is 3.90. The molecule has 168 valence electrons. The van der Waals surface area contributed by atoms with Crippen LogP contribution in [0.1, 0.15) is 28.6 Å². The molecule has 0 unspecified atom stereocenters. The van der Waals surface area contributed by atoms with Crippen LogP contribution in [0.3, 0.4) is 0 Å². The van der Waals surface area contributed by atoms with Crippen molar-refractivity contribution in [2.45, 2.75) is 24.4 Å². The second kappa shape index (κ2) is 9.54. The molecule has 8 heteroatoms. The maximum Gasteiger partial charge on any atom is 0.290 e. The van der Waals surface area contributed by atoms with Gasteiger partial charge in [-0.2, -0.15) is 0 Å². The largest absolute Gasteiger partial charge is 0.486 e. The first-order valence-corrected chi connectivity index (χ1v) is 11.8. The molecule has 2 aromatic carbocycles. The molecule has 0 fully saturated rings. The highest BCUT2D eigenvalue weighted by molar-refractivity contribution is 7.98. The maximum atomic E-state index is 13.7. The lowest BCUT2D eigenvalue weighted by molar-refractivity contribution is 0.0718. The number of rotatable bonds is 7. The van der Waals surface area contributed by atoms with Gasteiger partial charge in [-0.25, -0.2) is 9.97 Å². The summed E-state index contributed by atoms with van der Waals surface area (Å²) < 4.78 is 17.6. The summed E-state index contributed by atoms with van der Waals surface area (Å²) in [5, 5.41) is 1.58. The molecule has 5 rings (SSSR count). The zero-order valence-electron chi connectivity index (χ0n) is 18.2. The molecule has 0 aliphatic carbocycles. The number of carbonyl (C=O) groups is 1. The lowest BCUT2D eigenvalue weighted by Crippen LogP contribution is -2.31. The van der Waals surface area contributed by atoms with Gasteiger partial charge >= 0.3 is 0 Å². The number of aromatic nitrogens is 2. The highest BCUT2D eigenvalue weighted by Crippen LogP contribution is 2.35. The van der Waals surface area contributed by atoms with Gasteiger partial charge in [0.25, 0.3) is 5.91 Å². The number of carbonyl (C=O) groups excluding carboxylic acids is 1. The first-order chi connectivity index (χ1) is 16.2. The quantitative estimate of drug-likeness (QED) is 0.285. The molecule has 33 heavy (non-hydrogen) atoms. The van der Waals surface area contributed by atoms with Crippen LogP contribution in [0.4, 0.5) is 0 Å². The number of hydrogen-bond acceptors (Lipinski definition) is 7. The Kier molecular flexibility index (Phi) is 6.17. The van der Waals surface area contributed by atoms with E-state index in [1.165, 1.54) is 11.8 Å². The van der Waals surface area contributed by atoms with Gasteiger partial charge in [0.2, 0.25) is 0 Å². The van der Waals surface area contributed by atoms with Crippen LogP contribution in [0.25, 0.3) is 11.0 Å². The summed E-state index contributed by atoms with van der Waals surface area (Å²) in [5.74, 6) is 2.13. The summed E-state index contributed by atoms with van der Waals surface area (Å²) >= 11 is 1.48. The van der Waals surface area contributed by atoms with E-state index in [0.717, 1.165) is 16.5 Å². The van der Waals surface area contributed by atoms with Crippen molar-refractivity contribution in [3.05, 3.63) is 77.8 Å². The molecule has 0 atom stereocenters. The van der Waals surface area contributed by atoms with Crippen molar-refractivity contribution in [1.82, 2.24) is 14.9 Å². The van der Waals surface area contributed by atoms with E-state index >= 15 is 0 Å². The maximum absolute atomic E-state index is 13.7. The van der Waals surface area contributed by atoms with Crippen molar-refractivity contribution in [3.8, 4) is 11.5 Å². The Morgan fingerprint density at radius 1 is 1.03 bits per heavy atom. The molecule has 1 aliphatic heterocycles. The van der Waals surface area contributed by atoms with Crippen molar-refractivity contribution in [2.24, 2.45) is 0 Å². The topological polar surface area (TPSA) is 77.7 Å². The van der Waals surface area contributed by atoms with E-state index in [-0.39, 0.29) is 5.91 Å². The lowest BCUT2D eigenvalue weighted by Gasteiger charge is -2.25. The standard InChI is InChI=1S/C25H23N3O4S/c1-2-28(15-17-7-5-10-21-22(17)31-14-13-30-21)24(29)23-19(16-33-25-26-11-6-12-27-25)18-8-3-4-9-20(18)32-23/h3-12H,2,13-16H2,1H3. The third kappa shape index (κ3) is 4.39. The molecular weight excluding hydrogens is 438 g/mol. The Balaban J connectivity index is 1.45. The first kappa shape index (κ1) is 21.3. The summed E-state index contributed by atoms with van der Waals surface area (Å²) in [6.07, 6.45) is 3.42. The van der Waals surface area contributed by atoms with Gasteiger partial charge in [0.05, 0.1) is 0 Å². The number of para-hydroxylation sites is 2. The molecular formula is C25H23N3O4S. The van der Waals surface area contributed by atoms with E-state index in [1.54, 1.807) is 23.4 Å². The van der Waals surface area contributed by atoms with E-state index < -0.39 is 0 Å². The monoisotopic (exact) mass is 461 g/mol. The van der Waals surface area contributed by atoms with Crippen molar-refractivity contribution < 1.29 is 18.7 Å². The zero-order chi connectivity index (χ0) is 22.6. The second-order valence-electron chi connectivity index (χ2n) is 7.49. The minimum atomic E-state index is -0.160. The summed E-state index contributed by atoms with van der Waals surface area (Å²) in [5.41, 5.74) is 2.45. The van der Waals surface area contributed by atoms with Gasteiger partial charge in [-0.15, -0.1) is 0 Å². The van der Waals surface area contributed by atoms with Crippen LogP contribution in [0.2, 0.25) is 0 Å². The van der Waals surface area contributed by atoms with E-state index in [2.05, 4.69) is 9.97 Å². The zero-order valence-corrected chi connectivity index (χ0v) is 19.0. The van der Waals surface area contributed by atoms with Gasteiger partial charge in [-0.1, -0.05) is 42.1 Å². The van der Waals surface area contributed by atoms with Gasteiger partial charge in [0.1, 0.15) is 18.8 Å². The Labute approximate surface area is 195 Å². The number of fused-ring (bicyclic) bond motifs is 2. The van der Waals surface area contributed by atoms with Crippen LogP contribution in [0, 0.1) is 0 Å². The van der Waals surface area contributed by atoms with Crippen molar-refractivity contribution in [1.29, 1.82) is 0 Å². The third-order valence-electron chi connectivity index (χ3n) is 5.46. The lowest BCUT2D eigenvalue weighted by atomic mass is 10.1. The number of furan rings is 1. The minimum Gasteiger partial charge on any atom is -0.486 e. The minimum absolute atomic E-state index is 0.160. The number of benzene rings is 2. The highest BCUT2D eigenvalue weighted by atomic mass is 32.2. The van der Waals surface area contributed by atoms with E-state index in [9.17, 15) is 4.79 Å². The highest BCUT2D eigenvalue weighted by Gasteiger charge is 2.26. The van der Waals surface area contributed by atoms with Gasteiger partial charge in [0.15, 0.2) is 22.4 Å². The number of thioether (sulfide) groups is 1. The number of amides is 1. The smallest absolute Gasteiger partial charge is 0.290 e. The van der Waals surface area contributed by atoms with Crippen molar-refractivity contribution in [2.75, 3.05) is 19.8 Å². The van der Waals surface area contributed by atoms with Gasteiger partial charge in [-0.05, 0) is 25.1 Å². The average Bonchev–Trinajstić information content (AvgIpc) is 3.25. The van der Waals surface area contributed by atoms with Crippen LogP contribution in [0.5, 0.6) is 11.5 Å². The Morgan fingerprint density at radius 3 is 2.70 bits per heavy atom. The number of hydrogen-bond donors (Lipinski definition) is 0.